The Kier molecular flexibility index (Phi) is 5.69. The third kappa shape index (κ3) is 4.67. The predicted molar refractivity (Wildman–Crippen MR) is 100 cm³/mol. The summed E-state index contributed by atoms with van der Waals surface area (Å²) in [7, 11) is 0. The highest BCUT2D eigenvalue weighted by atomic mass is 19.1. The van der Waals surface area contributed by atoms with Crippen LogP contribution in [0.5, 0.6) is 0 Å². The fraction of sp³-hybridized carbons (Fsp3) is 0.550. The topological polar surface area (TPSA) is 87.7 Å². The van der Waals surface area contributed by atoms with Crippen LogP contribution < -0.4 is 10.6 Å². The van der Waals surface area contributed by atoms with Gasteiger partial charge in [0.15, 0.2) is 0 Å². The maximum Gasteiger partial charge on any atom is 0.410 e. The normalized spacial score (nSPS) is 23.4. The van der Waals surface area contributed by atoms with E-state index in [0.29, 0.717) is 31.6 Å². The van der Waals surface area contributed by atoms with Crippen molar-refractivity contribution in [3.63, 3.8) is 0 Å². The maximum atomic E-state index is 14.7. The van der Waals surface area contributed by atoms with E-state index in [0.717, 1.165) is 0 Å². The van der Waals surface area contributed by atoms with Crippen molar-refractivity contribution < 1.29 is 23.5 Å². The number of piperazine rings is 1. The number of hydrogen-bond acceptors (Lipinski definition) is 5. The van der Waals surface area contributed by atoms with Crippen molar-refractivity contribution >= 4 is 17.9 Å². The predicted octanol–water partition coefficient (Wildman–Crippen LogP) is 2.23. The van der Waals surface area contributed by atoms with Gasteiger partial charge in [-0.05, 0) is 38.8 Å². The summed E-state index contributed by atoms with van der Waals surface area (Å²) in [6, 6.07) is 4.53. The van der Waals surface area contributed by atoms with Crippen LogP contribution in [0.2, 0.25) is 0 Å². The molecule has 2 aliphatic rings. The van der Waals surface area contributed by atoms with Crippen LogP contribution in [0, 0.1) is 5.82 Å². The Morgan fingerprint density at radius 2 is 2.04 bits per heavy atom. The number of piperidine rings is 1. The molecule has 7 nitrogen and oxygen atoms in total. The molecule has 2 atom stereocenters. The minimum Gasteiger partial charge on any atom is -0.444 e. The molecule has 2 aliphatic heterocycles. The van der Waals surface area contributed by atoms with E-state index in [9.17, 15) is 18.8 Å². The van der Waals surface area contributed by atoms with Gasteiger partial charge >= 0.3 is 6.09 Å². The molecule has 2 N–H and O–H groups in total. The molecule has 152 valence electrons. The Morgan fingerprint density at radius 3 is 2.68 bits per heavy atom. The third-order valence-electron chi connectivity index (χ3n) is 4.87. The SMILES string of the molecule is CC(C)(C)OC(=O)N1CCNC(c2ccc(C3CCC(=O)NC3=O)c(F)c2)C1. The second-order valence-corrected chi connectivity index (χ2v) is 8.22. The van der Waals surface area contributed by atoms with Gasteiger partial charge in [0.25, 0.3) is 0 Å². The van der Waals surface area contributed by atoms with E-state index in [1.54, 1.807) is 17.0 Å². The Hall–Kier alpha value is -2.48. The van der Waals surface area contributed by atoms with Crippen LogP contribution >= 0.6 is 0 Å². The quantitative estimate of drug-likeness (QED) is 0.755. The molecule has 1 aromatic carbocycles. The minimum atomic E-state index is -0.663. The smallest absolute Gasteiger partial charge is 0.410 e. The van der Waals surface area contributed by atoms with Crippen molar-refractivity contribution in [1.29, 1.82) is 0 Å². The molecule has 0 spiro atoms. The Balaban J connectivity index is 1.72. The standard InChI is InChI=1S/C20H26FN3O4/c1-20(2,3)28-19(27)24-9-8-22-16(11-24)12-4-5-13(15(21)10-12)14-6-7-17(25)23-18(14)26/h4-5,10,14,16,22H,6-9,11H2,1-3H3,(H,23,25,26). The molecule has 2 heterocycles. The van der Waals surface area contributed by atoms with Crippen molar-refractivity contribution in [1.82, 2.24) is 15.5 Å². The molecule has 0 aromatic heterocycles. The van der Waals surface area contributed by atoms with Gasteiger partial charge in [-0.2, -0.15) is 0 Å². The molecule has 1 aromatic rings. The van der Waals surface area contributed by atoms with Gasteiger partial charge in [0.2, 0.25) is 11.8 Å². The number of halogens is 1. The molecular weight excluding hydrogens is 365 g/mol. The van der Waals surface area contributed by atoms with Crippen molar-refractivity contribution in [3.8, 4) is 0 Å². The molecule has 2 saturated heterocycles. The van der Waals surface area contributed by atoms with Crippen LogP contribution in [0.15, 0.2) is 18.2 Å². The first kappa shape index (κ1) is 20.3. The van der Waals surface area contributed by atoms with Gasteiger partial charge in [-0.3, -0.25) is 14.9 Å². The number of hydrogen-bond donors (Lipinski definition) is 2. The highest BCUT2D eigenvalue weighted by Crippen LogP contribution is 2.29. The number of imide groups is 1. The van der Waals surface area contributed by atoms with Crippen LogP contribution in [-0.4, -0.2) is 48.0 Å². The highest BCUT2D eigenvalue weighted by Gasteiger charge is 2.31. The minimum absolute atomic E-state index is 0.201. The van der Waals surface area contributed by atoms with Gasteiger partial charge in [0.1, 0.15) is 11.4 Å². The van der Waals surface area contributed by atoms with Crippen LogP contribution in [0.1, 0.15) is 56.7 Å². The molecule has 0 bridgehead atoms. The summed E-state index contributed by atoms with van der Waals surface area (Å²) < 4.78 is 20.2. The molecule has 0 aliphatic carbocycles. The largest absolute Gasteiger partial charge is 0.444 e. The summed E-state index contributed by atoms with van der Waals surface area (Å²) in [5, 5.41) is 5.54. The Bertz CT molecular complexity index is 790. The molecule has 3 rings (SSSR count). The zero-order valence-corrected chi connectivity index (χ0v) is 16.4. The molecule has 3 amide bonds. The van der Waals surface area contributed by atoms with Crippen molar-refractivity contribution in [2.75, 3.05) is 19.6 Å². The van der Waals surface area contributed by atoms with E-state index in [1.165, 1.54) is 6.07 Å². The summed E-state index contributed by atoms with van der Waals surface area (Å²) in [4.78, 5) is 37.2. The van der Waals surface area contributed by atoms with E-state index in [-0.39, 0.29) is 30.0 Å². The lowest BCUT2D eigenvalue weighted by Crippen LogP contribution is -2.49. The number of rotatable bonds is 2. The number of amides is 3. The fourth-order valence-electron chi connectivity index (χ4n) is 3.50. The first-order valence-electron chi connectivity index (χ1n) is 9.48. The number of carbonyl (C=O) groups excluding carboxylic acids is 3. The molecule has 28 heavy (non-hydrogen) atoms. The number of nitrogens with zero attached hydrogens (tertiary/aromatic N) is 1. The second-order valence-electron chi connectivity index (χ2n) is 8.22. The van der Waals surface area contributed by atoms with Crippen LogP contribution in [0.25, 0.3) is 0 Å². The summed E-state index contributed by atoms with van der Waals surface area (Å²) in [5.41, 5.74) is 0.406. The molecule has 8 heteroatoms. The first-order valence-corrected chi connectivity index (χ1v) is 9.48. The lowest BCUT2D eigenvalue weighted by Gasteiger charge is -2.35. The number of nitrogens with one attached hydrogen (secondary N) is 2. The maximum absolute atomic E-state index is 14.7. The van der Waals surface area contributed by atoms with Gasteiger partial charge in [-0.15, -0.1) is 0 Å². The summed E-state index contributed by atoms with van der Waals surface area (Å²) in [6.45, 7) is 6.89. The Labute approximate surface area is 163 Å². The fourth-order valence-corrected chi connectivity index (χ4v) is 3.50. The van der Waals surface area contributed by atoms with E-state index < -0.39 is 23.2 Å². The van der Waals surface area contributed by atoms with Gasteiger partial charge in [0, 0.05) is 31.6 Å². The summed E-state index contributed by atoms with van der Waals surface area (Å²) in [5.74, 6) is -1.94. The monoisotopic (exact) mass is 391 g/mol. The van der Waals surface area contributed by atoms with Gasteiger partial charge < -0.3 is 15.0 Å². The molecule has 2 fully saturated rings. The molecule has 2 unspecified atom stereocenters. The zero-order valence-electron chi connectivity index (χ0n) is 16.4. The highest BCUT2D eigenvalue weighted by molar-refractivity contribution is 6.00. The average Bonchev–Trinajstić information content (AvgIpc) is 2.61. The second kappa shape index (κ2) is 7.87. The average molecular weight is 391 g/mol. The zero-order chi connectivity index (χ0) is 20.5. The third-order valence-corrected chi connectivity index (χ3v) is 4.87. The van der Waals surface area contributed by atoms with Gasteiger partial charge in [-0.1, -0.05) is 12.1 Å². The number of benzene rings is 1. The van der Waals surface area contributed by atoms with Gasteiger partial charge in [-0.25, -0.2) is 9.18 Å². The summed E-state index contributed by atoms with van der Waals surface area (Å²) in [6.07, 6.45) is 0.112. The van der Waals surface area contributed by atoms with E-state index in [2.05, 4.69) is 10.6 Å². The number of ether oxygens (including phenoxy) is 1. The van der Waals surface area contributed by atoms with Crippen LogP contribution in [0.3, 0.4) is 0 Å². The molecular formula is C20H26FN3O4. The van der Waals surface area contributed by atoms with E-state index in [1.807, 2.05) is 20.8 Å². The lowest BCUT2D eigenvalue weighted by atomic mass is 9.89. The van der Waals surface area contributed by atoms with Crippen molar-refractivity contribution in [2.45, 2.75) is 51.2 Å². The lowest BCUT2D eigenvalue weighted by molar-refractivity contribution is -0.134. The van der Waals surface area contributed by atoms with E-state index in [4.69, 9.17) is 4.74 Å². The van der Waals surface area contributed by atoms with Crippen LogP contribution in [-0.2, 0) is 14.3 Å². The Morgan fingerprint density at radius 1 is 1.29 bits per heavy atom. The van der Waals surface area contributed by atoms with Gasteiger partial charge in [0.05, 0.1) is 12.0 Å². The van der Waals surface area contributed by atoms with Crippen LogP contribution in [0.4, 0.5) is 9.18 Å². The van der Waals surface area contributed by atoms with Crippen molar-refractivity contribution in [3.05, 3.63) is 35.1 Å². The number of carbonyl (C=O) groups is 3. The van der Waals surface area contributed by atoms with Crippen molar-refractivity contribution in [2.24, 2.45) is 0 Å². The van der Waals surface area contributed by atoms with E-state index >= 15 is 0 Å². The first-order chi connectivity index (χ1) is 13.1. The molecule has 0 saturated carbocycles. The molecule has 0 radical (unpaired) electrons. The summed E-state index contributed by atoms with van der Waals surface area (Å²) >= 11 is 0.